The molecule has 0 amide bonds. The molecule has 1 aromatic carbocycles. The van der Waals surface area contributed by atoms with E-state index in [0.717, 1.165) is 12.3 Å². The van der Waals surface area contributed by atoms with Gasteiger partial charge in [-0.05, 0) is 62.3 Å². The second-order valence-corrected chi connectivity index (χ2v) is 7.52. The molecule has 3 atom stereocenters. The number of hydrogen-bond acceptors (Lipinski definition) is 3. The first-order valence-corrected chi connectivity index (χ1v) is 8.82. The van der Waals surface area contributed by atoms with E-state index in [2.05, 4.69) is 4.72 Å². The van der Waals surface area contributed by atoms with Gasteiger partial charge in [0.25, 0.3) is 0 Å². The molecule has 0 unspecified atom stereocenters. The fourth-order valence-electron chi connectivity index (χ4n) is 3.54. The minimum Gasteiger partial charge on any atom is -0.494 e. The normalized spacial score (nSPS) is 28.8. The molecule has 0 aliphatic heterocycles. The zero-order valence-electron chi connectivity index (χ0n) is 11.7. The molecule has 1 aromatic rings. The Bertz CT molecular complexity index is 567. The highest BCUT2D eigenvalue weighted by Gasteiger charge is 2.41. The third-order valence-corrected chi connectivity index (χ3v) is 6.00. The van der Waals surface area contributed by atoms with Crippen LogP contribution in [0.4, 0.5) is 0 Å². The number of hydrogen-bond donors (Lipinski definition) is 1. The van der Waals surface area contributed by atoms with Gasteiger partial charge in [-0.2, -0.15) is 0 Å². The number of nitrogens with one attached hydrogen (secondary N) is 1. The predicted molar refractivity (Wildman–Crippen MR) is 77.2 cm³/mol. The summed E-state index contributed by atoms with van der Waals surface area (Å²) in [5, 5.41) is 0. The summed E-state index contributed by atoms with van der Waals surface area (Å²) in [6.07, 6.45) is 4.63. The summed E-state index contributed by atoms with van der Waals surface area (Å²) in [5.74, 6) is 1.97. The number of rotatable bonds is 5. The van der Waals surface area contributed by atoms with Crippen molar-refractivity contribution < 1.29 is 13.2 Å². The largest absolute Gasteiger partial charge is 0.494 e. The number of ether oxygens (including phenoxy) is 1. The van der Waals surface area contributed by atoms with Crippen molar-refractivity contribution in [3.63, 3.8) is 0 Å². The molecule has 2 fully saturated rings. The van der Waals surface area contributed by atoms with Gasteiger partial charge in [0.05, 0.1) is 11.5 Å². The molecule has 0 radical (unpaired) electrons. The third kappa shape index (κ3) is 2.69. The zero-order chi connectivity index (χ0) is 14.2. The maximum atomic E-state index is 12.4. The molecule has 2 saturated carbocycles. The van der Waals surface area contributed by atoms with Crippen molar-refractivity contribution in [2.75, 3.05) is 6.61 Å². The van der Waals surface area contributed by atoms with Gasteiger partial charge in [0.2, 0.25) is 10.0 Å². The summed E-state index contributed by atoms with van der Waals surface area (Å²) in [6.45, 7) is 2.48. The lowest BCUT2D eigenvalue weighted by atomic mass is 9.96. The van der Waals surface area contributed by atoms with Crippen LogP contribution >= 0.6 is 0 Å². The zero-order valence-corrected chi connectivity index (χ0v) is 12.5. The molecular formula is C15H21NO3S. The average Bonchev–Trinajstić information content (AvgIpc) is 3.01. The van der Waals surface area contributed by atoms with Gasteiger partial charge < -0.3 is 4.74 Å². The SMILES string of the molecule is CCOc1ccc(S(=O)(=O)N[C@H]2C[C@H]3CC[C@H]2C3)cc1. The van der Waals surface area contributed by atoms with Crippen molar-refractivity contribution in [1.82, 2.24) is 4.72 Å². The summed E-state index contributed by atoms with van der Waals surface area (Å²) in [4.78, 5) is 0.323. The molecular weight excluding hydrogens is 274 g/mol. The van der Waals surface area contributed by atoms with Crippen LogP contribution in [0.3, 0.4) is 0 Å². The lowest BCUT2D eigenvalue weighted by Crippen LogP contribution is -2.38. The molecule has 3 rings (SSSR count). The lowest BCUT2D eigenvalue weighted by Gasteiger charge is -2.22. The second-order valence-electron chi connectivity index (χ2n) is 5.81. The van der Waals surface area contributed by atoms with E-state index < -0.39 is 10.0 Å². The summed E-state index contributed by atoms with van der Waals surface area (Å²) in [5.41, 5.74) is 0. The Morgan fingerprint density at radius 1 is 1.20 bits per heavy atom. The van der Waals surface area contributed by atoms with Gasteiger partial charge in [0.15, 0.2) is 0 Å². The molecule has 0 aromatic heterocycles. The standard InChI is InChI=1S/C15H21NO3S/c1-2-19-13-5-7-14(8-6-13)20(17,18)16-15-10-11-3-4-12(15)9-11/h5-8,11-12,15-16H,2-4,9-10H2,1H3/t11-,12-,15-/m0/s1. The Balaban J connectivity index is 1.71. The van der Waals surface area contributed by atoms with Gasteiger partial charge >= 0.3 is 0 Å². The monoisotopic (exact) mass is 295 g/mol. The van der Waals surface area contributed by atoms with Gasteiger partial charge in [-0.15, -0.1) is 0 Å². The van der Waals surface area contributed by atoms with Crippen molar-refractivity contribution in [3.05, 3.63) is 24.3 Å². The molecule has 20 heavy (non-hydrogen) atoms. The number of benzene rings is 1. The lowest BCUT2D eigenvalue weighted by molar-refractivity contribution is 0.340. The molecule has 4 nitrogen and oxygen atoms in total. The molecule has 0 heterocycles. The van der Waals surface area contributed by atoms with E-state index in [1.165, 1.54) is 19.3 Å². The van der Waals surface area contributed by atoms with Crippen LogP contribution in [-0.2, 0) is 10.0 Å². The summed E-state index contributed by atoms with van der Waals surface area (Å²) < 4.78 is 33.0. The molecule has 110 valence electrons. The van der Waals surface area contributed by atoms with E-state index >= 15 is 0 Å². The number of sulfonamides is 1. The van der Waals surface area contributed by atoms with Gasteiger partial charge in [0.1, 0.15) is 5.75 Å². The van der Waals surface area contributed by atoms with Crippen LogP contribution in [0.25, 0.3) is 0 Å². The Kier molecular flexibility index (Phi) is 3.73. The van der Waals surface area contributed by atoms with Gasteiger partial charge in [-0.3, -0.25) is 0 Å². The van der Waals surface area contributed by atoms with Crippen LogP contribution < -0.4 is 9.46 Å². The topological polar surface area (TPSA) is 55.4 Å². The molecule has 2 aliphatic rings. The first-order valence-electron chi connectivity index (χ1n) is 7.33. The Morgan fingerprint density at radius 3 is 2.50 bits per heavy atom. The van der Waals surface area contributed by atoms with Crippen molar-refractivity contribution in [3.8, 4) is 5.75 Å². The van der Waals surface area contributed by atoms with E-state index in [1.807, 2.05) is 6.92 Å². The van der Waals surface area contributed by atoms with Crippen LogP contribution in [0, 0.1) is 11.8 Å². The molecule has 1 N–H and O–H groups in total. The smallest absolute Gasteiger partial charge is 0.240 e. The van der Waals surface area contributed by atoms with Crippen LogP contribution in [-0.4, -0.2) is 21.1 Å². The highest BCUT2D eigenvalue weighted by Crippen LogP contribution is 2.44. The summed E-state index contributed by atoms with van der Waals surface area (Å²) in [7, 11) is -3.40. The first-order chi connectivity index (χ1) is 9.58. The van der Waals surface area contributed by atoms with E-state index in [0.29, 0.717) is 23.2 Å². The third-order valence-electron chi connectivity index (χ3n) is 4.49. The number of fused-ring (bicyclic) bond motifs is 2. The maximum Gasteiger partial charge on any atom is 0.240 e. The van der Waals surface area contributed by atoms with Crippen molar-refractivity contribution in [2.45, 2.75) is 43.5 Å². The van der Waals surface area contributed by atoms with Crippen LogP contribution in [0.5, 0.6) is 5.75 Å². The maximum absolute atomic E-state index is 12.4. The second kappa shape index (κ2) is 5.37. The van der Waals surface area contributed by atoms with Crippen LogP contribution in [0.2, 0.25) is 0 Å². The fourth-order valence-corrected chi connectivity index (χ4v) is 4.86. The van der Waals surface area contributed by atoms with E-state index in [-0.39, 0.29) is 6.04 Å². The minimum absolute atomic E-state index is 0.130. The minimum atomic E-state index is -3.40. The van der Waals surface area contributed by atoms with Crippen LogP contribution in [0.1, 0.15) is 32.6 Å². The Hall–Kier alpha value is -1.07. The fraction of sp³-hybridized carbons (Fsp3) is 0.600. The molecule has 0 saturated heterocycles. The predicted octanol–water partition coefficient (Wildman–Crippen LogP) is 2.55. The van der Waals surface area contributed by atoms with E-state index in [4.69, 9.17) is 4.74 Å². The summed E-state index contributed by atoms with van der Waals surface area (Å²) >= 11 is 0. The van der Waals surface area contributed by atoms with Gasteiger partial charge in [-0.1, -0.05) is 6.42 Å². The van der Waals surface area contributed by atoms with E-state index in [9.17, 15) is 8.42 Å². The van der Waals surface area contributed by atoms with Gasteiger partial charge in [0, 0.05) is 6.04 Å². The van der Waals surface area contributed by atoms with Gasteiger partial charge in [-0.25, -0.2) is 13.1 Å². The van der Waals surface area contributed by atoms with Crippen molar-refractivity contribution in [2.24, 2.45) is 11.8 Å². The molecule has 0 spiro atoms. The highest BCUT2D eigenvalue weighted by molar-refractivity contribution is 7.89. The van der Waals surface area contributed by atoms with Crippen LogP contribution in [0.15, 0.2) is 29.2 Å². The Labute approximate surface area is 120 Å². The molecule has 2 aliphatic carbocycles. The average molecular weight is 295 g/mol. The van der Waals surface area contributed by atoms with E-state index in [1.54, 1.807) is 24.3 Å². The van der Waals surface area contributed by atoms with Crippen molar-refractivity contribution in [1.29, 1.82) is 0 Å². The van der Waals surface area contributed by atoms with Crippen molar-refractivity contribution >= 4 is 10.0 Å². The summed E-state index contributed by atoms with van der Waals surface area (Å²) in [6, 6.07) is 6.77. The first kappa shape index (κ1) is 13.9. The highest BCUT2D eigenvalue weighted by atomic mass is 32.2. The molecule has 2 bridgehead atoms. The molecule has 5 heteroatoms. The quantitative estimate of drug-likeness (QED) is 0.908. The Morgan fingerprint density at radius 2 is 1.95 bits per heavy atom.